The van der Waals surface area contributed by atoms with Crippen LogP contribution in [0.3, 0.4) is 0 Å². The van der Waals surface area contributed by atoms with Crippen LogP contribution in [-0.4, -0.2) is 21.2 Å². The Balaban J connectivity index is 2.84. The van der Waals surface area contributed by atoms with Gasteiger partial charge in [0.25, 0.3) is 0 Å². The predicted octanol–water partition coefficient (Wildman–Crippen LogP) is 2.52. The van der Waals surface area contributed by atoms with Crippen LogP contribution in [0, 0.1) is 10.2 Å². The van der Waals surface area contributed by atoms with Gasteiger partial charge >= 0.3 is 86.5 Å². The van der Waals surface area contributed by atoms with Gasteiger partial charge in [0.1, 0.15) is 0 Å². The summed E-state index contributed by atoms with van der Waals surface area (Å²) in [5, 5.41) is 9.42. The number of rotatable bonds is 9. The van der Waals surface area contributed by atoms with E-state index in [1.165, 1.54) is 32.1 Å². The summed E-state index contributed by atoms with van der Waals surface area (Å²) in [6, 6.07) is 0. The van der Waals surface area contributed by atoms with E-state index in [1.54, 1.807) is 0 Å². The molecule has 0 rings (SSSR count). The van der Waals surface area contributed by atoms with Crippen molar-refractivity contribution in [3.8, 4) is 4.97 Å². The normalized spacial score (nSPS) is 9.46. The summed E-state index contributed by atoms with van der Waals surface area (Å²) < 4.78 is 0. The molecule has 0 amide bonds. The first kappa shape index (κ1) is 12.7. The third kappa shape index (κ3) is 11.7. The average Bonchev–Trinajstić information content (AvgIpc) is 2.16. The fourth-order valence-corrected chi connectivity index (χ4v) is 2.08. The molecule has 0 spiro atoms. The molecular weight excluding hydrogens is 229 g/mol. The Morgan fingerprint density at radius 2 is 1.69 bits per heavy atom. The molecule has 0 heterocycles. The number of carbonyl (C=O) groups excluding carboxylic acids is 1. The molecule has 0 aliphatic heterocycles. The zero-order chi connectivity index (χ0) is 9.78. The molecule has 0 N–H and O–H groups in total. The van der Waals surface area contributed by atoms with Crippen LogP contribution >= 0.6 is 0 Å². The second-order valence-corrected chi connectivity index (χ2v) is 4.86. The molecule has 0 atom stereocenters. The van der Waals surface area contributed by atoms with Crippen LogP contribution in [0.5, 0.6) is 0 Å². The zero-order valence-corrected chi connectivity index (χ0v) is 9.71. The van der Waals surface area contributed by atoms with E-state index in [0.29, 0.717) is 0 Å². The molecule has 0 saturated carbocycles. The van der Waals surface area contributed by atoms with Gasteiger partial charge in [0.05, 0.1) is 0 Å². The van der Waals surface area contributed by atoms with Crippen LogP contribution in [0.2, 0.25) is 5.32 Å². The van der Waals surface area contributed by atoms with Crippen LogP contribution in [0.25, 0.3) is 0 Å². The third-order valence-electron chi connectivity index (χ3n) is 1.88. The molecule has 13 heavy (non-hydrogen) atoms. The Morgan fingerprint density at radius 3 is 2.31 bits per heavy atom. The van der Waals surface area contributed by atoms with Crippen molar-refractivity contribution in [3.63, 3.8) is 0 Å². The molecule has 0 unspecified atom stereocenters. The molecule has 3 heteroatoms. The number of unbranched alkanes of at least 4 members (excludes halogenated alkanes) is 6. The standard InChI is InChI=1S/C10H17NOSe/c11-10-13-9-7-5-3-1-2-4-6-8-12/h8H,1-7,9H2. The summed E-state index contributed by atoms with van der Waals surface area (Å²) in [5.41, 5.74) is 0. The molecule has 0 radical (unpaired) electrons. The van der Waals surface area contributed by atoms with Gasteiger partial charge in [0, 0.05) is 0 Å². The van der Waals surface area contributed by atoms with Crippen molar-refractivity contribution < 1.29 is 4.79 Å². The maximum absolute atomic E-state index is 9.98. The van der Waals surface area contributed by atoms with Crippen molar-refractivity contribution >= 4 is 21.2 Å². The van der Waals surface area contributed by atoms with Crippen LogP contribution in [0.4, 0.5) is 0 Å². The van der Waals surface area contributed by atoms with Gasteiger partial charge in [-0.1, -0.05) is 0 Å². The van der Waals surface area contributed by atoms with Crippen molar-refractivity contribution in [2.75, 3.05) is 0 Å². The number of hydrogen-bond acceptors (Lipinski definition) is 2. The van der Waals surface area contributed by atoms with Crippen molar-refractivity contribution in [3.05, 3.63) is 0 Å². The van der Waals surface area contributed by atoms with Crippen LogP contribution < -0.4 is 0 Å². The van der Waals surface area contributed by atoms with E-state index in [1.807, 2.05) is 0 Å². The maximum atomic E-state index is 9.98. The fraction of sp³-hybridized carbons (Fsp3) is 0.800. The van der Waals surface area contributed by atoms with E-state index in [4.69, 9.17) is 5.26 Å². The molecule has 0 bridgehead atoms. The number of carbonyl (C=O) groups is 1. The second-order valence-electron chi connectivity index (χ2n) is 3.02. The van der Waals surface area contributed by atoms with Crippen LogP contribution in [0.15, 0.2) is 0 Å². The molecule has 0 saturated heterocycles. The molecule has 0 aliphatic carbocycles. The minimum absolute atomic E-state index is 0.220. The molecule has 0 fully saturated rings. The SMILES string of the molecule is N#C[Se]CCCCCCCCC=O. The van der Waals surface area contributed by atoms with E-state index in [0.717, 1.165) is 24.4 Å². The summed E-state index contributed by atoms with van der Waals surface area (Å²) in [6.07, 6.45) is 8.92. The fourth-order valence-electron chi connectivity index (χ4n) is 1.15. The summed E-state index contributed by atoms with van der Waals surface area (Å²) in [7, 11) is 0. The van der Waals surface area contributed by atoms with E-state index >= 15 is 0 Å². The Labute approximate surface area is 86.9 Å². The Morgan fingerprint density at radius 1 is 1.08 bits per heavy atom. The van der Waals surface area contributed by atoms with Gasteiger partial charge in [0.2, 0.25) is 0 Å². The van der Waals surface area contributed by atoms with Crippen molar-refractivity contribution in [1.29, 1.82) is 5.26 Å². The van der Waals surface area contributed by atoms with E-state index in [-0.39, 0.29) is 15.0 Å². The van der Waals surface area contributed by atoms with Crippen LogP contribution in [-0.2, 0) is 4.79 Å². The number of hydrogen-bond donors (Lipinski definition) is 0. The van der Waals surface area contributed by atoms with Gasteiger partial charge in [0.15, 0.2) is 0 Å². The topological polar surface area (TPSA) is 40.9 Å². The van der Waals surface area contributed by atoms with Gasteiger partial charge in [-0.3, -0.25) is 0 Å². The average molecular weight is 246 g/mol. The summed E-state index contributed by atoms with van der Waals surface area (Å²) >= 11 is 0.220. The zero-order valence-electron chi connectivity index (χ0n) is 8.00. The molecular formula is C10H17NOSe. The number of nitriles is 1. The van der Waals surface area contributed by atoms with Gasteiger partial charge < -0.3 is 0 Å². The molecule has 74 valence electrons. The quantitative estimate of drug-likeness (QED) is 0.356. The molecule has 0 aromatic heterocycles. The molecule has 0 aromatic carbocycles. The van der Waals surface area contributed by atoms with Crippen molar-refractivity contribution in [2.24, 2.45) is 0 Å². The number of nitrogens with zero attached hydrogens (tertiary/aromatic N) is 1. The van der Waals surface area contributed by atoms with Gasteiger partial charge in [-0.05, 0) is 0 Å². The molecule has 0 aromatic rings. The first-order valence-corrected chi connectivity index (χ1v) is 6.93. The minimum atomic E-state index is 0.220. The molecule has 2 nitrogen and oxygen atoms in total. The second kappa shape index (κ2) is 11.7. The van der Waals surface area contributed by atoms with Crippen molar-refractivity contribution in [2.45, 2.75) is 50.3 Å². The summed E-state index contributed by atoms with van der Waals surface area (Å²) in [5.74, 6) is 0. The molecule has 0 aliphatic rings. The van der Waals surface area contributed by atoms with Gasteiger partial charge in [-0.15, -0.1) is 0 Å². The van der Waals surface area contributed by atoms with E-state index < -0.39 is 0 Å². The van der Waals surface area contributed by atoms with Gasteiger partial charge in [-0.25, -0.2) is 0 Å². The monoisotopic (exact) mass is 247 g/mol. The van der Waals surface area contributed by atoms with Crippen LogP contribution in [0.1, 0.15) is 44.9 Å². The number of aldehydes is 1. The van der Waals surface area contributed by atoms with E-state index in [9.17, 15) is 4.79 Å². The summed E-state index contributed by atoms with van der Waals surface area (Å²) in [4.78, 5) is 12.2. The Kier molecular flexibility index (Phi) is 11.4. The Hall–Kier alpha value is -0.321. The third-order valence-corrected chi connectivity index (χ3v) is 3.19. The first-order chi connectivity index (χ1) is 6.41. The van der Waals surface area contributed by atoms with Crippen molar-refractivity contribution in [1.82, 2.24) is 0 Å². The van der Waals surface area contributed by atoms with Gasteiger partial charge in [-0.2, -0.15) is 0 Å². The predicted molar refractivity (Wildman–Crippen MR) is 54.6 cm³/mol. The first-order valence-electron chi connectivity index (χ1n) is 4.86. The Bertz CT molecular complexity index is 153. The summed E-state index contributed by atoms with van der Waals surface area (Å²) in [6.45, 7) is 0. The van der Waals surface area contributed by atoms with E-state index in [2.05, 4.69) is 4.97 Å².